The molecule has 0 aliphatic carbocycles. The fourth-order valence-electron chi connectivity index (χ4n) is 4.27. The summed E-state index contributed by atoms with van der Waals surface area (Å²) < 4.78 is 0. The molecule has 0 aromatic carbocycles. The summed E-state index contributed by atoms with van der Waals surface area (Å²) in [7, 11) is 0. The van der Waals surface area contributed by atoms with Crippen molar-refractivity contribution in [3.05, 3.63) is 23.9 Å². The average Bonchev–Trinajstić information content (AvgIpc) is 3.09. The quantitative estimate of drug-likeness (QED) is 0.769. The van der Waals surface area contributed by atoms with Crippen LogP contribution in [0.5, 0.6) is 0 Å². The number of nitrogens with zero attached hydrogens (tertiary/aromatic N) is 2. The van der Waals surface area contributed by atoms with E-state index in [1.165, 1.54) is 0 Å². The fourth-order valence-corrected chi connectivity index (χ4v) is 4.27. The Hall–Kier alpha value is -1.62. The van der Waals surface area contributed by atoms with Crippen LogP contribution in [0.1, 0.15) is 23.3 Å². The number of nitrogens with two attached hydrogens (primary N) is 1. The van der Waals surface area contributed by atoms with Crippen LogP contribution in [0.25, 0.3) is 0 Å². The van der Waals surface area contributed by atoms with E-state index < -0.39 is 0 Å². The van der Waals surface area contributed by atoms with Gasteiger partial charge in [0.2, 0.25) is 0 Å². The van der Waals surface area contributed by atoms with Gasteiger partial charge in [0, 0.05) is 25.2 Å². The molecule has 0 saturated carbocycles. The van der Waals surface area contributed by atoms with E-state index in [0.717, 1.165) is 25.9 Å². The van der Waals surface area contributed by atoms with Crippen molar-refractivity contribution in [1.82, 2.24) is 15.2 Å². The Kier molecular flexibility index (Phi) is 2.33. The van der Waals surface area contributed by atoms with Gasteiger partial charge in [0.15, 0.2) is 0 Å². The molecule has 3 fully saturated rings. The molecule has 1 aromatic heterocycles. The molecule has 100 valence electrons. The minimum absolute atomic E-state index is 0.0641. The van der Waals surface area contributed by atoms with Crippen molar-refractivity contribution in [2.45, 2.75) is 24.9 Å². The molecule has 19 heavy (non-hydrogen) atoms. The van der Waals surface area contributed by atoms with E-state index in [1.807, 2.05) is 0 Å². The lowest BCUT2D eigenvalue weighted by atomic mass is 9.82. The highest BCUT2D eigenvalue weighted by molar-refractivity contribution is 5.93. The number of hydrogen-bond acceptors (Lipinski definition) is 4. The van der Waals surface area contributed by atoms with Crippen LogP contribution in [0.3, 0.4) is 0 Å². The second kappa shape index (κ2) is 3.93. The number of amides is 1. The number of nitrogen functional groups attached to an aromatic ring is 1. The summed E-state index contributed by atoms with van der Waals surface area (Å²) in [4.78, 5) is 19.0. The zero-order valence-electron chi connectivity index (χ0n) is 10.7. The number of nitrogens with one attached hydrogen (secondary N) is 1. The first-order valence-corrected chi connectivity index (χ1v) is 7.01. The molecule has 5 nitrogen and oxygen atoms in total. The van der Waals surface area contributed by atoms with Gasteiger partial charge in [0.1, 0.15) is 11.5 Å². The van der Waals surface area contributed by atoms with Crippen LogP contribution >= 0.6 is 0 Å². The van der Waals surface area contributed by atoms with Crippen molar-refractivity contribution < 1.29 is 4.79 Å². The Labute approximate surface area is 112 Å². The van der Waals surface area contributed by atoms with E-state index in [1.54, 1.807) is 18.2 Å². The third-order valence-electron chi connectivity index (χ3n) is 5.00. The van der Waals surface area contributed by atoms with Crippen molar-refractivity contribution in [3.63, 3.8) is 0 Å². The van der Waals surface area contributed by atoms with Gasteiger partial charge < -0.3 is 16.0 Å². The number of fused-ring (bicyclic) bond motifs is 5. The Morgan fingerprint density at radius 1 is 1.26 bits per heavy atom. The lowest BCUT2D eigenvalue weighted by molar-refractivity contribution is 0.0704. The number of rotatable bonds is 1. The molecule has 0 unspecified atom stereocenters. The largest absolute Gasteiger partial charge is 0.384 e. The molecule has 5 heteroatoms. The van der Waals surface area contributed by atoms with Crippen molar-refractivity contribution in [3.8, 4) is 0 Å². The number of anilines is 1. The minimum atomic E-state index is 0.0641. The van der Waals surface area contributed by atoms with Crippen LogP contribution in [-0.2, 0) is 0 Å². The van der Waals surface area contributed by atoms with Gasteiger partial charge in [-0.15, -0.1) is 0 Å². The molecule has 2 bridgehead atoms. The Bertz CT molecular complexity index is 514. The number of hydrogen-bond donors (Lipinski definition) is 2. The maximum absolute atomic E-state index is 12.7. The molecule has 3 N–H and O–H groups in total. The summed E-state index contributed by atoms with van der Waals surface area (Å²) in [6, 6.07) is 6.09. The van der Waals surface area contributed by atoms with Gasteiger partial charge in [-0.3, -0.25) is 4.79 Å². The second-order valence-electron chi connectivity index (χ2n) is 5.86. The first-order chi connectivity index (χ1) is 9.25. The lowest BCUT2D eigenvalue weighted by Gasteiger charge is -2.24. The third-order valence-corrected chi connectivity index (χ3v) is 5.00. The van der Waals surface area contributed by atoms with E-state index in [0.29, 0.717) is 35.4 Å². The van der Waals surface area contributed by atoms with Crippen molar-refractivity contribution in [2.75, 3.05) is 18.8 Å². The summed E-state index contributed by atoms with van der Waals surface area (Å²) in [5.74, 6) is 1.76. The SMILES string of the molecule is Nc1cccc(C(=O)N2[C@@H]3CC[C@H]2[C@H]2CNC[C@H]23)n1. The van der Waals surface area contributed by atoms with Gasteiger partial charge in [-0.25, -0.2) is 4.98 Å². The average molecular weight is 258 g/mol. The van der Waals surface area contributed by atoms with Gasteiger partial charge in [-0.2, -0.15) is 0 Å². The number of aromatic nitrogens is 1. The summed E-state index contributed by atoms with van der Waals surface area (Å²) in [5, 5.41) is 3.46. The molecule has 3 aliphatic heterocycles. The van der Waals surface area contributed by atoms with Crippen LogP contribution < -0.4 is 11.1 Å². The molecule has 0 radical (unpaired) electrons. The summed E-state index contributed by atoms with van der Waals surface area (Å²) in [6.45, 7) is 2.11. The van der Waals surface area contributed by atoms with Gasteiger partial charge in [0.25, 0.3) is 5.91 Å². The molecule has 4 atom stereocenters. The van der Waals surface area contributed by atoms with Crippen molar-refractivity contribution in [1.29, 1.82) is 0 Å². The fraction of sp³-hybridized carbons (Fsp3) is 0.571. The standard InChI is InChI=1S/C14H18N4O/c15-13-3-1-2-10(17-13)14(19)18-11-4-5-12(18)9-7-16-6-8(9)11/h1-3,8-9,11-12,16H,4-7H2,(H2,15,17)/t8-,9+,11-,12+. The predicted octanol–water partition coefficient (Wildman–Crippen LogP) is 0.486. The lowest BCUT2D eigenvalue weighted by Crippen LogP contribution is -2.39. The summed E-state index contributed by atoms with van der Waals surface area (Å²) in [6.07, 6.45) is 2.28. The van der Waals surface area contributed by atoms with Crippen LogP contribution in [0.4, 0.5) is 5.82 Å². The van der Waals surface area contributed by atoms with Gasteiger partial charge in [-0.05, 0) is 36.8 Å². The van der Waals surface area contributed by atoms with E-state index in [-0.39, 0.29) is 5.91 Å². The highest BCUT2D eigenvalue weighted by Crippen LogP contribution is 2.47. The topological polar surface area (TPSA) is 71.2 Å². The van der Waals surface area contributed by atoms with Crippen LogP contribution in [0.2, 0.25) is 0 Å². The Balaban J connectivity index is 1.65. The molecule has 3 aliphatic rings. The van der Waals surface area contributed by atoms with E-state index >= 15 is 0 Å². The molecule has 0 spiro atoms. The molecule has 1 aromatic rings. The first kappa shape index (κ1) is 11.2. The molecular weight excluding hydrogens is 240 g/mol. The van der Waals surface area contributed by atoms with Crippen LogP contribution in [0.15, 0.2) is 18.2 Å². The maximum Gasteiger partial charge on any atom is 0.273 e. The zero-order valence-corrected chi connectivity index (χ0v) is 10.7. The molecule has 4 rings (SSSR count). The van der Waals surface area contributed by atoms with Crippen LogP contribution in [0, 0.1) is 11.8 Å². The van der Waals surface area contributed by atoms with Crippen molar-refractivity contribution in [2.24, 2.45) is 11.8 Å². The van der Waals surface area contributed by atoms with Gasteiger partial charge in [0.05, 0.1) is 0 Å². The third kappa shape index (κ3) is 1.51. The number of carbonyl (C=O) groups is 1. The summed E-state index contributed by atoms with van der Waals surface area (Å²) >= 11 is 0. The molecule has 4 heterocycles. The van der Waals surface area contributed by atoms with E-state index in [2.05, 4.69) is 15.2 Å². The highest BCUT2D eigenvalue weighted by Gasteiger charge is 2.56. The Morgan fingerprint density at radius 2 is 1.95 bits per heavy atom. The van der Waals surface area contributed by atoms with E-state index in [9.17, 15) is 4.79 Å². The predicted molar refractivity (Wildman–Crippen MR) is 71.5 cm³/mol. The zero-order chi connectivity index (χ0) is 13.0. The van der Waals surface area contributed by atoms with Gasteiger partial charge in [-0.1, -0.05) is 6.07 Å². The number of carbonyl (C=O) groups excluding carboxylic acids is 1. The number of pyridine rings is 1. The minimum Gasteiger partial charge on any atom is -0.384 e. The first-order valence-electron chi connectivity index (χ1n) is 7.01. The van der Waals surface area contributed by atoms with Crippen molar-refractivity contribution >= 4 is 11.7 Å². The van der Waals surface area contributed by atoms with E-state index in [4.69, 9.17) is 5.73 Å². The second-order valence-corrected chi connectivity index (χ2v) is 5.86. The molecular formula is C14H18N4O. The molecule has 1 amide bonds. The normalized spacial score (nSPS) is 35.7. The highest BCUT2D eigenvalue weighted by atomic mass is 16.2. The smallest absolute Gasteiger partial charge is 0.273 e. The van der Waals surface area contributed by atoms with Gasteiger partial charge >= 0.3 is 0 Å². The maximum atomic E-state index is 12.7. The Morgan fingerprint density at radius 3 is 2.58 bits per heavy atom. The monoisotopic (exact) mass is 258 g/mol. The summed E-state index contributed by atoms with van der Waals surface area (Å²) in [5.41, 5.74) is 6.17. The molecule has 3 saturated heterocycles. The van der Waals surface area contributed by atoms with Crippen LogP contribution in [-0.4, -0.2) is 41.0 Å².